The first-order valence-electron chi connectivity index (χ1n) is 17.1. The number of anilines is 1. The van der Waals surface area contributed by atoms with Gasteiger partial charge in [-0.2, -0.15) is 5.26 Å². The summed E-state index contributed by atoms with van der Waals surface area (Å²) >= 11 is 7.54. The van der Waals surface area contributed by atoms with Gasteiger partial charge in [0, 0.05) is 78.4 Å². The number of nitrogens with one attached hydrogen (secondary N) is 1. The molecule has 4 aromatic heterocycles. The number of sulfonamides is 1. The number of carbonyl (C=O) groups is 1. The van der Waals surface area contributed by atoms with Crippen molar-refractivity contribution in [1.82, 2.24) is 29.1 Å². The van der Waals surface area contributed by atoms with Gasteiger partial charge in [0.1, 0.15) is 23.3 Å². The Morgan fingerprint density at radius 2 is 1.93 bits per heavy atom. The molecule has 0 atom stereocenters. The third-order valence-corrected chi connectivity index (χ3v) is 12.1. The number of pyridine rings is 2. The molecule has 1 N–H and O–H groups in total. The number of aryl methyl sites for hydroxylation is 1. The van der Waals surface area contributed by atoms with E-state index in [1.165, 1.54) is 22.3 Å². The highest BCUT2D eigenvalue weighted by Gasteiger charge is 2.48. The minimum Gasteiger partial charge on any atom is -0.355 e. The summed E-state index contributed by atoms with van der Waals surface area (Å²) in [6.07, 6.45) is 4.08. The number of thiophene rings is 1. The Kier molecular flexibility index (Phi) is 10.3. The van der Waals surface area contributed by atoms with Crippen LogP contribution in [0.2, 0.25) is 5.02 Å². The van der Waals surface area contributed by atoms with Gasteiger partial charge in [-0.3, -0.25) is 24.0 Å². The molecule has 1 aromatic carbocycles. The molecule has 1 saturated heterocycles. The van der Waals surface area contributed by atoms with Crippen molar-refractivity contribution >= 4 is 65.8 Å². The predicted octanol–water partition coefficient (Wildman–Crippen LogP) is 5.64. The van der Waals surface area contributed by atoms with E-state index < -0.39 is 33.4 Å². The molecule has 0 bridgehead atoms. The van der Waals surface area contributed by atoms with Crippen LogP contribution in [0.1, 0.15) is 53.0 Å². The highest BCUT2D eigenvalue weighted by molar-refractivity contribution is 7.89. The number of rotatable bonds is 8. The number of likely N-dealkylation sites (tertiary alicyclic amines) is 1. The Hall–Kier alpha value is -5.07. The van der Waals surface area contributed by atoms with Gasteiger partial charge in [-0.25, -0.2) is 36.3 Å². The van der Waals surface area contributed by atoms with Crippen molar-refractivity contribution in [3.63, 3.8) is 0 Å². The smallest absolute Gasteiger partial charge is 0.267 e. The van der Waals surface area contributed by atoms with E-state index in [4.69, 9.17) is 11.6 Å². The van der Waals surface area contributed by atoms with Crippen LogP contribution in [0, 0.1) is 30.1 Å². The molecule has 7 rings (SSSR count). The fraction of sp³-hybridized carbons (Fsp3) is 0.351. The van der Waals surface area contributed by atoms with Crippen molar-refractivity contribution in [3.05, 3.63) is 79.9 Å². The molecule has 18 heteroatoms. The van der Waals surface area contributed by atoms with Gasteiger partial charge in [0.2, 0.25) is 6.01 Å². The lowest BCUT2D eigenvalue weighted by atomic mass is 9.85. The first-order valence-corrected chi connectivity index (χ1v) is 20.0. The van der Waals surface area contributed by atoms with Crippen LogP contribution in [-0.2, 0) is 16.6 Å². The van der Waals surface area contributed by atoms with Crippen molar-refractivity contribution in [2.45, 2.75) is 57.2 Å². The number of amides is 1. The van der Waals surface area contributed by atoms with Gasteiger partial charge in [0.25, 0.3) is 27.4 Å². The van der Waals surface area contributed by atoms with Gasteiger partial charge in [-0.1, -0.05) is 23.4 Å². The number of carbonyl (C=O) groups excluding carboxylic acids is 1. The lowest BCUT2D eigenvalue weighted by Gasteiger charge is -2.46. The molecule has 1 aliphatic carbocycles. The summed E-state index contributed by atoms with van der Waals surface area (Å²) in [6.45, 7) is 2.88. The van der Waals surface area contributed by atoms with E-state index in [1.807, 2.05) is 11.9 Å². The molecule has 2 aliphatic rings. The van der Waals surface area contributed by atoms with Crippen LogP contribution >= 0.6 is 22.9 Å². The van der Waals surface area contributed by atoms with Gasteiger partial charge < -0.3 is 4.90 Å². The van der Waals surface area contributed by atoms with E-state index in [1.54, 1.807) is 35.9 Å². The van der Waals surface area contributed by atoms with E-state index in [2.05, 4.69) is 37.8 Å². The van der Waals surface area contributed by atoms with Gasteiger partial charge in [0.05, 0.1) is 39.4 Å². The molecule has 1 aliphatic heterocycles. The normalized spacial score (nSPS) is 16.3. The number of hydrogen-bond acceptors (Lipinski definition) is 11. The van der Waals surface area contributed by atoms with Crippen LogP contribution in [-0.4, -0.2) is 82.9 Å². The Morgan fingerprint density at radius 1 is 1.18 bits per heavy atom. The maximum Gasteiger partial charge on any atom is 0.267 e. The molecule has 1 amide bonds. The second kappa shape index (κ2) is 14.9. The van der Waals surface area contributed by atoms with E-state index >= 15 is 0 Å². The number of nitriles is 1. The molecule has 5 heterocycles. The lowest BCUT2D eigenvalue weighted by molar-refractivity contribution is -0.127. The summed E-state index contributed by atoms with van der Waals surface area (Å²) in [7, 11) is -2.63. The molecule has 55 heavy (non-hydrogen) atoms. The first-order chi connectivity index (χ1) is 26.2. The van der Waals surface area contributed by atoms with Gasteiger partial charge in [0.15, 0.2) is 0 Å². The number of hydrogen-bond donors (Lipinski definition) is 1. The predicted molar refractivity (Wildman–Crippen MR) is 204 cm³/mol. The molecule has 0 spiro atoms. The van der Waals surface area contributed by atoms with Gasteiger partial charge in [-0.05, 0) is 44.0 Å². The van der Waals surface area contributed by atoms with Crippen molar-refractivity contribution in [3.8, 4) is 29.0 Å². The van der Waals surface area contributed by atoms with Gasteiger partial charge in [-0.15, -0.1) is 11.3 Å². The topological polar surface area (TPSA) is 154 Å². The van der Waals surface area contributed by atoms with Gasteiger partial charge >= 0.3 is 0 Å². The monoisotopic (exact) mass is 808 g/mol. The molecule has 5 aromatic rings. The van der Waals surface area contributed by atoms with Crippen molar-refractivity contribution in [1.29, 1.82) is 5.26 Å². The molecule has 284 valence electrons. The Morgan fingerprint density at radius 3 is 2.62 bits per heavy atom. The number of benzene rings is 1. The van der Waals surface area contributed by atoms with Crippen molar-refractivity contribution < 1.29 is 26.4 Å². The molecule has 1 saturated carbocycles. The molecule has 12 nitrogen and oxygen atoms in total. The fourth-order valence-electron chi connectivity index (χ4n) is 7.16. The van der Waals surface area contributed by atoms with E-state index in [0.717, 1.165) is 11.3 Å². The molecule has 0 unspecified atom stereocenters. The quantitative estimate of drug-likeness (QED) is 0.195. The fourth-order valence-corrected chi connectivity index (χ4v) is 8.81. The van der Waals surface area contributed by atoms with E-state index in [0.29, 0.717) is 64.0 Å². The standard InChI is InChI=1S/C37H32ClF3N8O4S2/c1-21-45-30-18-44-34(47(2)24-8-12-48(13-9-24)25-15-37(40,41)16-25)28(17-42)31(30)36(51)49(21)11-3-4-22-5-6-23(38)14-27(22)26-7-10-43-32-29(19-54-33(26)32)35(50)46-55(52,53)20-39/h5-7,10,14,18-19,24-25H,8-9,11-13,15-16,20H2,1-2H3,(H,46,50). The summed E-state index contributed by atoms with van der Waals surface area (Å²) in [5.74, 6) is 3.25. The lowest BCUT2D eigenvalue weighted by Crippen LogP contribution is -2.55. The van der Waals surface area contributed by atoms with Crippen LogP contribution in [0.15, 0.2) is 46.8 Å². The summed E-state index contributed by atoms with van der Waals surface area (Å²) in [4.78, 5) is 44.1. The average molecular weight is 809 g/mol. The summed E-state index contributed by atoms with van der Waals surface area (Å²) < 4.78 is 66.8. The maximum absolute atomic E-state index is 14.1. The molecule has 0 radical (unpaired) electrons. The third kappa shape index (κ3) is 7.49. The van der Waals surface area contributed by atoms with Crippen LogP contribution in [0.4, 0.5) is 19.0 Å². The van der Waals surface area contributed by atoms with Crippen molar-refractivity contribution in [2.75, 3.05) is 31.0 Å². The number of alkyl halides is 3. The zero-order valence-corrected chi connectivity index (χ0v) is 31.8. The van der Waals surface area contributed by atoms with E-state index in [9.17, 15) is 36.4 Å². The van der Waals surface area contributed by atoms with Crippen LogP contribution in [0.3, 0.4) is 0 Å². The van der Waals surface area contributed by atoms with Crippen LogP contribution in [0.25, 0.3) is 32.2 Å². The molecular formula is C37H32ClF3N8O4S2. The first kappa shape index (κ1) is 38.2. The second-order valence-corrected chi connectivity index (χ2v) is 16.5. The summed E-state index contributed by atoms with van der Waals surface area (Å²) in [6, 6.07) is 7.03. The SMILES string of the molecule is Cc1nc2cnc(N(C)C3CCN(C4CC(F)(F)C4)CC3)c(C#N)c2c(=O)n1CC#Cc1ccc(Cl)cc1-c1ccnc2c(C(=O)NS(=O)(=O)CF)csc12. The second-order valence-electron chi connectivity index (χ2n) is 13.5. The highest BCUT2D eigenvalue weighted by atomic mass is 35.5. The number of fused-ring (bicyclic) bond motifs is 2. The molecular weight excluding hydrogens is 777 g/mol. The number of aromatic nitrogens is 4. The summed E-state index contributed by atoms with van der Waals surface area (Å²) in [5, 5.41) is 12.3. The zero-order chi connectivity index (χ0) is 39.2. The van der Waals surface area contributed by atoms with E-state index in [-0.39, 0.29) is 59.0 Å². The highest BCUT2D eigenvalue weighted by Crippen LogP contribution is 2.42. The van der Waals surface area contributed by atoms with Crippen LogP contribution < -0.4 is 15.2 Å². The minimum absolute atomic E-state index is 0.00832. The summed E-state index contributed by atoms with van der Waals surface area (Å²) in [5.41, 5.74) is 1.78. The minimum atomic E-state index is -4.45. The largest absolute Gasteiger partial charge is 0.355 e. The Bertz CT molecular complexity index is 2640. The maximum atomic E-state index is 14.1. The van der Waals surface area contributed by atoms with Crippen molar-refractivity contribution in [2.24, 2.45) is 0 Å². The Labute approximate surface area is 322 Å². The third-order valence-electron chi connectivity index (χ3n) is 10.1. The number of halogens is 4. The number of nitrogens with zero attached hydrogens (tertiary/aromatic N) is 7. The zero-order valence-electron chi connectivity index (χ0n) is 29.4. The molecule has 2 fully saturated rings. The Balaban J connectivity index is 1.17. The number of piperidine rings is 1. The van der Waals surface area contributed by atoms with Crippen LogP contribution in [0.5, 0.6) is 0 Å². The average Bonchev–Trinajstić information content (AvgIpc) is 3.60.